The number of morpholine rings is 1. The van der Waals surface area contributed by atoms with E-state index in [4.69, 9.17) is 22.1 Å². The van der Waals surface area contributed by atoms with E-state index in [1.807, 2.05) is 13.8 Å². The Morgan fingerprint density at radius 2 is 1.84 bits per heavy atom. The standard InChI is InChI=1S/C22H36ClN3O4S/c1-4-19(25-12-14-30-15-13-25)6-5-11-26(21(22(24)27)16-17(2)3)31(28,29)20-9-7-18(23)8-10-20/h7-10,17,19,21H,4-6,11-16H2,1-3H3,(H2,24,27). The molecule has 9 heteroatoms. The molecule has 0 aromatic heterocycles. The van der Waals surface area contributed by atoms with Gasteiger partial charge in [-0.1, -0.05) is 32.4 Å². The quantitative estimate of drug-likeness (QED) is 0.503. The summed E-state index contributed by atoms with van der Waals surface area (Å²) < 4.78 is 33.7. The molecular weight excluding hydrogens is 438 g/mol. The third-order valence-electron chi connectivity index (χ3n) is 5.74. The molecule has 1 aliphatic rings. The lowest BCUT2D eigenvalue weighted by Gasteiger charge is -2.35. The number of carbonyl (C=O) groups excluding carboxylic acids is 1. The zero-order valence-electron chi connectivity index (χ0n) is 18.8. The van der Waals surface area contributed by atoms with Crippen molar-refractivity contribution in [1.82, 2.24) is 9.21 Å². The molecule has 0 saturated carbocycles. The maximum Gasteiger partial charge on any atom is 0.243 e. The van der Waals surface area contributed by atoms with Gasteiger partial charge in [-0.15, -0.1) is 0 Å². The monoisotopic (exact) mass is 473 g/mol. The number of rotatable bonds is 12. The van der Waals surface area contributed by atoms with E-state index >= 15 is 0 Å². The summed E-state index contributed by atoms with van der Waals surface area (Å²) in [5, 5.41) is 0.454. The number of benzene rings is 1. The fraction of sp³-hybridized carbons (Fsp3) is 0.682. The van der Waals surface area contributed by atoms with Crippen molar-refractivity contribution in [3.05, 3.63) is 29.3 Å². The number of carbonyl (C=O) groups is 1. The third kappa shape index (κ3) is 7.43. The van der Waals surface area contributed by atoms with Crippen molar-refractivity contribution < 1.29 is 17.9 Å². The Hall–Kier alpha value is -1.19. The predicted octanol–water partition coefficient (Wildman–Crippen LogP) is 3.12. The van der Waals surface area contributed by atoms with Crippen LogP contribution in [0.15, 0.2) is 29.2 Å². The highest BCUT2D eigenvalue weighted by Crippen LogP contribution is 2.25. The zero-order valence-corrected chi connectivity index (χ0v) is 20.4. The minimum absolute atomic E-state index is 0.118. The highest BCUT2D eigenvalue weighted by atomic mass is 35.5. The van der Waals surface area contributed by atoms with Crippen molar-refractivity contribution in [2.24, 2.45) is 11.7 Å². The number of halogens is 1. The van der Waals surface area contributed by atoms with Crippen molar-refractivity contribution in [3.8, 4) is 0 Å². The Morgan fingerprint density at radius 3 is 2.35 bits per heavy atom. The summed E-state index contributed by atoms with van der Waals surface area (Å²) in [7, 11) is -3.90. The van der Waals surface area contributed by atoms with E-state index in [0.717, 1.165) is 39.1 Å². The molecule has 2 unspecified atom stereocenters. The smallest absolute Gasteiger partial charge is 0.243 e. The topological polar surface area (TPSA) is 92.9 Å². The van der Waals surface area contributed by atoms with Gasteiger partial charge in [-0.2, -0.15) is 4.31 Å². The van der Waals surface area contributed by atoms with Gasteiger partial charge in [-0.25, -0.2) is 8.42 Å². The average Bonchev–Trinajstić information content (AvgIpc) is 2.73. The summed E-state index contributed by atoms with van der Waals surface area (Å²) in [6, 6.07) is 5.51. The van der Waals surface area contributed by atoms with Crippen LogP contribution in [-0.4, -0.2) is 68.5 Å². The summed E-state index contributed by atoms with van der Waals surface area (Å²) in [6.45, 7) is 9.53. The molecule has 1 fully saturated rings. The second-order valence-electron chi connectivity index (χ2n) is 8.47. The van der Waals surface area contributed by atoms with E-state index < -0.39 is 22.0 Å². The zero-order chi connectivity index (χ0) is 23.0. The number of nitrogens with zero attached hydrogens (tertiary/aromatic N) is 2. The summed E-state index contributed by atoms with van der Waals surface area (Å²) in [5.41, 5.74) is 5.67. The lowest BCUT2D eigenvalue weighted by Crippen LogP contribution is -2.49. The van der Waals surface area contributed by atoms with Crippen LogP contribution in [0.25, 0.3) is 0 Å². The number of hydrogen-bond acceptors (Lipinski definition) is 5. The molecule has 0 spiro atoms. The molecule has 0 bridgehead atoms. The fourth-order valence-electron chi connectivity index (χ4n) is 4.08. The van der Waals surface area contributed by atoms with Gasteiger partial charge in [0.25, 0.3) is 0 Å². The van der Waals surface area contributed by atoms with Crippen LogP contribution >= 0.6 is 11.6 Å². The first kappa shape index (κ1) is 26.1. The summed E-state index contributed by atoms with van der Waals surface area (Å²) >= 11 is 5.94. The fourth-order valence-corrected chi connectivity index (χ4v) is 5.85. The van der Waals surface area contributed by atoms with Crippen LogP contribution in [0.2, 0.25) is 5.02 Å². The molecular formula is C22H36ClN3O4S. The van der Waals surface area contributed by atoms with E-state index in [-0.39, 0.29) is 17.4 Å². The molecule has 1 saturated heterocycles. The molecule has 1 aliphatic heterocycles. The molecule has 2 rings (SSSR count). The Bertz CT molecular complexity index is 795. The van der Waals surface area contributed by atoms with Crippen LogP contribution in [0.5, 0.6) is 0 Å². The van der Waals surface area contributed by atoms with Gasteiger partial charge in [0.15, 0.2) is 0 Å². The van der Waals surface area contributed by atoms with Crippen molar-refractivity contribution in [3.63, 3.8) is 0 Å². The Kier molecular flexibility index (Phi) is 10.2. The summed E-state index contributed by atoms with van der Waals surface area (Å²) in [4.78, 5) is 14.8. The number of ether oxygens (including phenoxy) is 1. The van der Waals surface area contributed by atoms with Crippen LogP contribution in [0.4, 0.5) is 0 Å². The Labute approximate surface area is 191 Å². The molecule has 1 aromatic carbocycles. The Balaban J connectivity index is 2.22. The van der Waals surface area contributed by atoms with Gasteiger partial charge in [-0.05, 0) is 55.9 Å². The minimum atomic E-state index is -3.90. The first-order valence-corrected chi connectivity index (χ1v) is 12.9. The van der Waals surface area contributed by atoms with Crippen LogP contribution in [0, 0.1) is 5.92 Å². The summed E-state index contributed by atoms with van der Waals surface area (Å²) in [6.07, 6.45) is 2.85. The molecule has 1 aromatic rings. The van der Waals surface area contributed by atoms with E-state index in [1.54, 1.807) is 12.1 Å². The first-order valence-electron chi connectivity index (χ1n) is 11.0. The predicted molar refractivity (Wildman–Crippen MR) is 123 cm³/mol. The van der Waals surface area contributed by atoms with Crippen molar-refractivity contribution >= 4 is 27.5 Å². The highest BCUT2D eigenvalue weighted by molar-refractivity contribution is 7.89. The van der Waals surface area contributed by atoms with Crippen LogP contribution in [0.3, 0.4) is 0 Å². The molecule has 7 nitrogen and oxygen atoms in total. The number of hydrogen-bond donors (Lipinski definition) is 1. The Morgan fingerprint density at radius 1 is 1.23 bits per heavy atom. The average molecular weight is 474 g/mol. The second-order valence-corrected chi connectivity index (χ2v) is 10.8. The van der Waals surface area contributed by atoms with E-state index in [9.17, 15) is 13.2 Å². The number of nitrogens with two attached hydrogens (primary N) is 1. The minimum Gasteiger partial charge on any atom is -0.379 e. The number of sulfonamides is 1. The van der Waals surface area contributed by atoms with E-state index in [2.05, 4.69) is 11.8 Å². The molecule has 0 aliphatic carbocycles. The van der Waals surface area contributed by atoms with Crippen molar-refractivity contribution in [2.75, 3.05) is 32.8 Å². The van der Waals surface area contributed by atoms with Crippen LogP contribution in [-0.2, 0) is 19.6 Å². The molecule has 2 N–H and O–H groups in total. The van der Waals surface area contributed by atoms with Crippen molar-refractivity contribution in [1.29, 1.82) is 0 Å². The normalized spacial score (nSPS) is 17.7. The van der Waals surface area contributed by atoms with Gasteiger partial charge < -0.3 is 10.5 Å². The van der Waals surface area contributed by atoms with Gasteiger partial charge in [0, 0.05) is 30.7 Å². The largest absolute Gasteiger partial charge is 0.379 e. The SMILES string of the molecule is CCC(CCCN(C(CC(C)C)C(N)=O)S(=O)(=O)c1ccc(Cl)cc1)N1CCOCC1. The maximum atomic E-state index is 13.5. The third-order valence-corrected chi connectivity index (χ3v) is 7.91. The van der Waals surface area contributed by atoms with Crippen LogP contribution in [0.1, 0.15) is 46.5 Å². The van der Waals surface area contributed by atoms with Gasteiger partial charge in [-0.3, -0.25) is 9.69 Å². The molecule has 1 heterocycles. The highest BCUT2D eigenvalue weighted by Gasteiger charge is 2.35. The van der Waals surface area contributed by atoms with E-state index in [1.165, 1.54) is 16.4 Å². The van der Waals surface area contributed by atoms with Gasteiger partial charge in [0.05, 0.1) is 18.1 Å². The lowest BCUT2D eigenvalue weighted by atomic mass is 10.0. The summed E-state index contributed by atoms with van der Waals surface area (Å²) in [5.74, 6) is -0.497. The van der Waals surface area contributed by atoms with Crippen molar-refractivity contribution in [2.45, 2.75) is 63.4 Å². The van der Waals surface area contributed by atoms with E-state index in [0.29, 0.717) is 23.9 Å². The van der Waals surface area contributed by atoms with Gasteiger partial charge in [0.1, 0.15) is 6.04 Å². The van der Waals surface area contributed by atoms with Crippen LogP contribution < -0.4 is 5.73 Å². The molecule has 176 valence electrons. The number of primary amides is 1. The van der Waals surface area contributed by atoms with Gasteiger partial charge >= 0.3 is 0 Å². The molecule has 1 amide bonds. The number of amides is 1. The first-order chi connectivity index (χ1) is 14.7. The lowest BCUT2D eigenvalue weighted by molar-refractivity contribution is -0.122. The van der Waals surface area contributed by atoms with Gasteiger partial charge in [0.2, 0.25) is 15.9 Å². The maximum absolute atomic E-state index is 13.5. The molecule has 0 radical (unpaired) electrons. The second kappa shape index (κ2) is 12.2. The molecule has 31 heavy (non-hydrogen) atoms. The molecule has 2 atom stereocenters.